The van der Waals surface area contributed by atoms with E-state index < -0.39 is 5.97 Å². The van der Waals surface area contributed by atoms with Crippen molar-refractivity contribution in [3.05, 3.63) is 30.1 Å². The number of imidazole rings is 1. The van der Waals surface area contributed by atoms with Crippen LogP contribution in [0.1, 0.15) is 10.5 Å². The summed E-state index contributed by atoms with van der Waals surface area (Å²) in [6, 6.07) is 5.28. The maximum absolute atomic E-state index is 10.9. The molecule has 0 saturated carbocycles. The van der Waals surface area contributed by atoms with Gasteiger partial charge in [-0.2, -0.15) is 0 Å². The van der Waals surface area contributed by atoms with E-state index in [1.54, 1.807) is 18.2 Å². The molecule has 2 heterocycles. The number of nitrogens with two attached hydrogens (primary N) is 1. The predicted octanol–water partition coefficient (Wildman–Crippen LogP) is -3.16. The van der Waals surface area contributed by atoms with Gasteiger partial charge in [-0.25, -0.2) is 9.97 Å². The molecule has 0 saturated heterocycles. The molecule has 0 amide bonds. The number of fused-ring (bicyclic) bond motifs is 3. The minimum atomic E-state index is -1.36. The van der Waals surface area contributed by atoms with Crippen LogP contribution in [0.4, 0.5) is 5.95 Å². The van der Waals surface area contributed by atoms with Crippen molar-refractivity contribution in [3.8, 4) is 5.75 Å². The molecule has 96 valence electrons. The largest absolute Gasteiger partial charge is 1.00 e. The molecule has 0 radical (unpaired) electrons. The number of benzene rings is 1. The van der Waals surface area contributed by atoms with Gasteiger partial charge in [0, 0.05) is 11.6 Å². The number of hydrogen-bond acceptors (Lipinski definition) is 6. The van der Waals surface area contributed by atoms with E-state index in [0.29, 0.717) is 22.3 Å². The fourth-order valence-corrected chi connectivity index (χ4v) is 1.99. The van der Waals surface area contributed by atoms with Crippen LogP contribution in [-0.2, 0) is 0 Å². The Kier molecular flexibility index (Phi) is 3.57. The second-order valence-electron chi connectivity index (χ2n) is 3.93. The van der Waals surface area contributed by atoms with Crippen LogP contribution in [0.5, 0.6) is 5.75 Å². The van der Waals surface area contributed by atoms with Crippen molar-refractivity contribution in [3.63, 3.8) is 0 Å². The first-order chi connectivity index (χ1) is 9.11. The summed E-state index contributed by atoms with van der Waals surface area (Å²) in [6.45, 7) is 0. The van der Waals surface area contributed by atoms with Crippen LogP contribution in [0.15, 0.2) is 24.4 Å². The molecule has 0 aliphatic rings. The molecule has 0 fully saturated rings. The normalized spacial score (nSPS) is 10.4. The zero-order chi connectivity index (χ0) is 13.6. The number of carboxylic acids is 1. The summed E-state index contributed by atoms with van der Waals surface area (Å²) in [6.07, 6.45) is 1.28. The molecular weight excluding hydrogens is 255 g/mol. The van der Waals surface area contributed by atoms with Gasteiger partial charge in [0.15, 0.2) is 0 Å². The Morgan fingerprint density at radius 3 is 2.80 bits per heavy atom. The first-order valence-corrected chi connectivity index (χ1v) is 5.44. The van der Waals surface area contributed by atoms with E-state index >= 15 is 0 Å². The molecule has 3 aromatic rings. The Balaban J connectivity index is 0.00000147. The Morgan fingerprint density at radius 1 is 1.40 bits per heavy atom. The summed E-state index contributed by atoms with van der Waals surface area (Å²) >= 11 is 0. The summed E-state index contributed by atoms with van der Waals surface area (Å²) in [7, 11) is 1.52. The second-order valence-corrected chi connectivity index (χ2v) is 3.93. The number of carboxylic acid groups (broad SMARTS) is 1. The van der Waals surface area contributed by atoms with Gasteiger partial charge in [0.2, 0.25) is 5.95 Å². The summed E-state index contributed by atoms with van der Waals surface area (Å²) in [4.78, 5) is 19.1. The third-order valence-electron chi connectivity index (χ3n) is 2.85. The number of aromatic carboxylic acids is 1. The Hall–Kier alpha value is -2.23. The summed E-state index contributed by atoms with van der Waals surface area (Å²) in [5.74, 6) is -0.684. The quantitative estimate of drug-likeness (QED) is 0.490. The molecule has 0 spiro atoms. The topological polar surface area (TPSA) is 106 Å². The monoisotopic (exact) mass is 264 g/mol. The van der Waals surface area contributed by atoms with E-state index in [2.05, 4.69) is 9.97 Å². The average Bonchev–Trinajstić information content (AvgIpc) is 2.84. The standard InChI is InChI=1S/C12H10N4O3.Li/c1-19-8-4-2-3-6-9(8)15-12(13)16-5-7(11(17)18)14-10(6)16;/h2-5H,1H3,(H2,13,15)(H,17,18);/q;+1/p-1. The van der Waals surface area contributed by atoms with Gasteiger partial charge in [0.05, 0.1) is 13.1 Å². The number of hydrogen-bond donors (Lipinski definition) is 1. The van der Waals surface area contributed by atoms with E-state index in [9.17, 15) is 9.90 Å². The van der Waals surface area contributed by atoms with Crippen LogP contribution in [-0.4, -0.2) is 27.4 Å². The van der Waals surface area contributed by atoms with Crippen LogP contribution in [0.25, 0.3) is 16.6 Å². The Labute approximate surface area is 125 Å². The minimum absolute atomic E-state index is 0. The Bertz CT molecular complexity index is 815. The van der Waals surface area contributed by atoms with Gasteiger partial charge in [-0.15, -0.1) is 0 Å². The van der Waals surface area contributed by atoms with Gasteiger partial charge in [0.1, 0.15) is 22.6 Å². The number of para-hydroxylation sites is 1. The van der Waals surface area contributed by atoms with E-state index in [1.807, 2.05) is 0 Å². The number of nitrogens with zero attached hydrogens (tertiary/aromatic N) is 3. The van der Waals surface area contributed by atoms with Crippen LogP contribution in [0.3, 0.4) is 0 Å². The average molecular weight is 264 g/mol. The van der Waals surface area contributed by atoms with Crippen molar-refractivity contribution in [1.82, 2.24) is 14.4 Å². The third-order valence-corrected chi connectivity index (χ3v) is 2.85. The molecule has 2 N–H and O–H groups in total. The van der Waals surface area contributed by atoms with Gasteiger partial charge < -0.3 is 20.4 Å². The number of nitrogen functional groups attached to an aromatic ring is 1. The second kappa shape index (κ2) is 5.04. The maximum atomic E-state index is 10.9. The number of carbonyl (C=O) groups excluding carboxylic acids is 1. The third kappa shape index (κ3) is 1.97. The van der Waals surface area contributed by atoms with E-state index in [-0.39, 0.29) is 30.5 Å². The molecule has 0 unspecified atom stereocenters. The molecule has 20 heavy (non-hydrogen) atoms. The van der Waals surface area contributed by atoms with Crippen molar-refractivity contribution in [2.75, 3.05) is 12.8 Å². The van der Waals surface area contributed by atoms with Crippen LogP contribution in [0, 0.1) is 0 Å². The van der Waals surface area contributed by atoms with E-state index in [1.165, 1.54) is 17.7 Å². The van der Waals surface area contributed by atoms with Crippen molar-refractivity contribution in [2.45, 2.75) is 0 Å². The maximum Gasteiger partial charge on any atom is 1.00 e. The first kappa shape index (κ1) is 14.2. The van der Waals surface area contributed by atoms with E-state index in [4.69, 9.17) is 10.5 Å². The molecule has 0 aliphatic heterocycles. The molecule has 1 aromatic carbocycles. The van der Waals surface area contributed by atoms with Gasteiger partial charge in [-0.3, -0.25) is 4.40 Å². The minimum Gasteiger partial charge on any atom is -0.543 e. The van der Waals surface area contributed by atoms with Gasteiger partial charge >= 0.3 is 18.9 Å². The zero-order valence-electron chi connectivity index (χ0n) is 11.0. The number of ether oxygens (including phenoxy) is 1. The zero-order valence-corrected chi connectivity index (χ0v) is 11.0. The molecule has 0 atom stereocenters. The number of anilines is 1. The smallest absolute Gasteiger partial charge is 0.543 e. The molecule has 3 rings (SSSR count). The molecule has 0 aliphatic carbocycles. The molecule has 2 aromatic heterocycles. The first-order valence-electron chi connectivity index (χ1n) is 5.44. The number of carbonyl (C=O) groups is 1. The molecule has 8 heteroatoms. The van der Waals surface area contributed by atoms with E-state index in [0.717, 1.165) is 0 Å². The molecular formula is C12H9LiN4O3. The van der Waals surface area contributed by atoms with Gasteiger partial charge in [0.25, 0.3) is 0 Å². The van der Waals surface area contributed by atoms with Crippen LogP contribution in [0.2, 0.25) is 0 Å². The predicted molar refractivity (Wildman–Crippen MR) is 65.8 cm³/mol. The van der Waals surface area contributed by atoms with Crippen LogP contribution >= 0.6 is 0 Å². The summed E-state index contributed by atoms with van der Waals surface area (Å²) in [5, 5.41) is 11.5. The fourth-order valence-electron chi connectivity index (χ4n) is 1.99. The van der Waals surface area contributed by atoms with Crippen molar-refractivity contribution < 1.29 is 33.5 Å². The van der Waals surface area contributed by atoms with Crippen LogP contribution < -0.4 is 34.4 Å². The molecule has 7 nitrogen and oxygen atoms in total. The number of aromatic nitrogens is 3. The SMILES string of the molecule is COc1cccc2c1nc(N)n1cc(C(=O)[O-])nc21.[Li+]. The van der Waals surface area contributed by atoms with Crippen molar-refractivity contribution in [1.29, 1.82) is 0 Å². The summed E-state index contributed by atoms with van der Waals surface area (Å²) in [5.41, 5.74) is 6.55. The van der Waals surface area contributed by atoms with Gasteiger partial charge in [-0.05, 0) is 12.1 Å². The number of methoxy groups -OCH3 is 1. The Morgan fingerprint density at radius 2 is 2.15 bits per heavy atom. The molecule has 0 bridgehead atoms. The van der Waals surface area contributed by atoms with Crippen molar-refractivity contribution >= 4 is 28.5 Å². The van der Waals surface area contributed by atoms with Crippen molar-refractivity contribution in [2.24, 2.45) is 0 Å². The summed E-state index contributed by atoms with van der Waals surface area (Å²) < 4.78 is 6.61. The van der Waals surface area contributed by atoms with Gasteiger partial charge in [-0.1, -0.05) is 6.07 Å². The fraction of sp³-hybridized carbons (Fsp3) is 0.0833. The number of rotatable bonds is 2.